The number of aliphatic carboxylic acids is 1. The van der Waals surface area contributed by atoms with Gasteiger partial charge in [0, 0.05) is 5.25 Å². The van der Waals surface area contributed by atoms with E-state index in [4.69, 9.17) is 5.11 Å². The Kier molecular flexibility index (Phi) is 3.92. The van der Waals surface area contributed by atoms with E-state index >= 15 is 0 Å². The van der Waals surface area contributed by atoms with Crippen LogP contribution in [0.25, 0.3) is 0 Å². The Bertz CT molecular complexity index is 159. The molecule has 12 heavy (non-hydrogen) atoms. The van der Waals surface area contributed by atoms with E-state index < -0.39 is 5.97 Å². The highest BCUT2D eigenvalue weighted by Gasteiger charge is 2.32. The second-order valence-electron chi connectivity index (χ2n) is 3.28. The van der Waals surface area contributed by atoms with Crippen LogP contribution in [0.5, 0.6) is 0 Å². The molecule has 70 valence electrons. The number of carboxylic acid groups (broad SMARTS) is 1. The smallest absolute Gasteiger partial charge is 0.307 e. The molecule has 0 aromatic rings. The average Bonchev–Trinajstić information content (AvgIpc) is 2.48. The van der Waals surface area contributed by atoms with Gasteiger partial charge in [-0.25, -0.2) is 0 Å². The molecule has 1 aliphatic carbocycles. The molecule has 0 radical (unpaired) electrons. The van der Waals surface area contributed by atoms with E-state index in [9.17, 15) is 4.79 Å². The first-order chi connectivity index (χ1) is 5.75. The third kappa shape index (κ3) is 2.41. The minimum Gasteiger partial charge on any atom is -0.481 e. The first kappa shape index (κ1) is 9.90. The Hall–Kier alpha value is -0.180. The number of carboxylic acids is 1. The van der Waals surface area contributed by atoms with Crippen molar-refractivity contribution in [2.75, 3.05) is 5.75 Å². The van der Waals surface area contributed by atoms with Gasteiger partial charge in [-0.3, -0.25) is 4.79 Å². The fourth-order valence-electron chi connectivity index (χ4n) is 1.68. The van der Waals surface area contributed by atoms with Crippen molar-refractivity contribution in [3.63, 3.8) is 0 Å². The number of hydrogen-bond donors (Lipinski definition) is 1. The summed E-state index contributed by atoms with van der Waals surface area (Å²) in [7, 11) is 0. The van der Waals surface area contributed by atoms with E-state index in [-0.39, 0.29) is 5.92 Å². The maximum atomic E-state index is 10.8. The van der Waals surface area contributed by atoms with Crippen LogP contribution in [0.1, 0.15) is 32.6 Å². The van der Waals surface area contributed by atoms with E-state index in [0.29, 0.717) is 5.25 Å². The number of thioether (sulfide) groups is 1. The summed E-state index contributed by atoms with van der Waals surface area (Å²) in [5.74, 6) is 0.441. The maximum absolute atomic E-state index is 10.8. The van der Waals surface area contributed by atoms with E-state index in [1.807, 2.05) is 11.8 Å². The van der Waals surface area contributed by atoms with Crippen molar-refractivity contribution in [3.8, 4) is 0 Å². The highest BCUT2D eigenvalue weighted by Crippen LogP contribution is 2.35. The predicted molar refractivity (Wildman–Crippen MR) is 51.5 cm³/mol. The van der Waals surface area contributed by atoms with Gasteiger partial charge >= 0.3 is 5.97 Å². The summed E-state index contributed by atoms with van der Waals surface area (Å²) in [4.78, 5) is 10.8. The van der Waals surface area contributed by atoms with Gasteiger partial charge in [0.15, 0.2) is 0 Å². The Morgan fingerprint density at radius 3 is 2.92 bits per heavy atom. The molecule has 1 N–H and O–H groups in total. The first-order valence-electron chi connectivity index (χ1n) is 4.60. The summed E-state index contributed by atoms with van der Waals surface area (Å²) in [5, 5.41) is 9.26. The van der Waals surface area contributed by atoms with Crippen molar-refractivity contribution in [2.24, 2.45) is 5.92 Å². The zero-order chi connectivity index (χ0) is 8.97. The molecule has 1 rings (SSSR count). The average molecular weight is 188 g/mol. The minimum atomic E-state index is -0.596. The molecule has 1 fully saturated rings. The lowest BCUT2D eigenvalue weighted by atomic mass is 10.1. The molecule has 1 aliphatic rings. The quantitative estimate of drug-likeness (QED) is 0.736. The molecule has 2 unspecified atom stereocenters. The van der Waals surface area contributed by atoms with Gasteiger partial charge in [-0.2, -0.15) is 11.8 Å². The van der Waals surface area contributed by atoms with Crippen molar-refractivity contribution in [3.05, 3.63) is 0 Å². The van der Waals surface area contributed by atoms with E-state index in [1.54, 1.807) is 0 Å². The Morgan fingerprint density at radius 2 is 2.33 bits per heavy atom. The zero-order valence-electron chi connectivity index (χ0n) is 7.45. The summed E-state index contributed by atoms with van der Waals surface area (Å²) in [6.45, 7) is 2.14. The highest BCUT2D eigenvalue weighted by atomic mass is 32.2. The Labute approximate surface area is 77.7 Å². The molecule has 0 amide bonds. The van der Waals surface area contributed by atoms with Crippen molar-refractivity contribution in [1.82, 2.24) is 0 Å². The van der Waals surface area contributed by atoms with E-state index in [1.165, 1.54) is 0 Å². The third-order valence-electron chi connectivity index (χ3n) is 2.31. The molecule has 3 heteroatoms. The van der Waals surface area contributed by atoms with Crippen LogP contribution < -0.4 is 0 Å². The van der Waals surface area contributed by atoms with Crippen LogP contribution in [0, 0.1) is 5.92 Å². The lowest BCUT2D eigenvalue weighted by molar-refractivity contribution is -0.141. The zero-order valence-corrected chi connectivity index (χ0v) is 8.27. The largest absolute Gasteiger partial charge is 0.481 e. The number of rotatable bonds is 4. The topological polar surface area (TPSA) is 37.3 Å². The van der Waals surface area contributed by atoms with Crippen molar-refractivity contribution in [2.45, 2.75) is 37.9 Å². The van der Waals surface area contributed by atoms with Gasteiger partial charge in [-0.15, -0.1) is 0 Å². The maximum Gasteiger partial charge on any atom is 0.307 e. The molecule has 0 aromatic heterocycles. The van der Waals surface area contributed by atoms with Gasteiger partial charge in [0.2, 0.25) is 0 Å². The van der Waals surface area contributed by atoms with E-state index in [0.717, 1.165) is 31.4 Å². The first-order valence-corrected chi connectivity index (χ1v) is 5.65. The Morgan fingerprint density at radius 1 is 1.58 bits per heavy atom. The van der Waals surface area contributed by atoms with Crippen molar-refractivity contribution < 1.29 is 9.90 Å². The molecule has 0 aliphatic heterocycles. The van der Waals surface area contributed by atoms with Crippen LogP contribution in [0.3, 0.4) is 0 Å². The lowest BCUT2D eigenvalue weighted by Crippen LogP contribution is -2.20. The molecular formula is C9H16O2S. The molecule has 0 aromatic carbocycles. The molecule has 2 nitrogen and oxygen atoms in total. The fourth-order valence-corrected chi connectivity index (χ4v) is 3.03. The molecule has 0 spiro atoms. The van der Waals surface area contributed by atoms with Crippen LogP contribution in [-0.4, -0.2) is 22.1 Å². The molecule has 1 saturated carbocycles. The van der Waals surface area contributed by atoms with Crippen LogP contribution in [-0.2, 0) is 4.79 Å². The SMILES string of the molecule is CCCSC1CCCC1C(=O)O. The van der Waals surface area contributed by atoms with Crippen LogP contribution in [0.4, 0.5) is 0 Å². The lowest BCUT2D eigenvalue weighted by Gasteiger charge is -2.14. The monoisotopic (exact) mass is 188 g/mol. The summed E-state index contributed by atoms with van der Waals surface area (Å²) in [5.41, 5.74) is 0. The second-order valence-corrected chi connectivity index (χ2v) is 4.63. The van der Waals surface area contributed by atoms with Crippen LogP contribution >= 0.6 is 11.8 Å². The van der Waals surface area contributed by atoms with Gasteiger partial charge in [-0.1, -0.05) is 13.3 Å². The summed E-state index contributed by atoms with van der Waals surface area (Å²) < 4.78 is 0. The third-order valence-corrected chi connectivity index (χ3v) is 3.94. The molecule has 0 saturated heterocycles. The Balaban J connectivity index is 2.35. The number of hydrogen-bond acceptors (Lipinski definition) is 2. The molecular weight excluding hydrogens is 172 g/mol. The molecule has 0 bridgehead atoms. The summed E-state index contributed by atoms with van der Waals surface area (Å²) in [6.07, 6.45) is 4.23. The summed E-state index contributed by atoms with van der Waals surface area (Å²) >= 11 is 1.84. The highest BCUT2D eigenvalue weighted by molar-refractivity contribution is 7.99. The van der Waals surface area contributed by atoms with Crippen LogP contribution in [0.15, 0.2) is 0 Å². The minimum absolute atomic E-state index is 0.0680. The van der Waals surface area contributed by atoms with Crippen molar-refractivity contribution in [1.29, 1.82) is 0 Å². The number of carbonyl (C=O) groups is 1. The van der Waals surface area contributed by atoms with Gasteiger partial charge in [0.05, 0.1) is 5.92 Å². The fraction of sp³-hybridized carbons (Fsp3) is 0.889. The van der Waals surface area contributed by atoms with Gasteiger partial charge in [0.25, 0.3) is 0 Å². The standard InChI is InChI=1S/C9H16O2S/c1-2-6-12-8-5-3-4-7(8)9(10)11/h7-8H,2-6H2,1H3,(H,10,11). The van der Waals surface area contributed by atoms with Crippen molar-refractivity contribution >= 4 is 17.7 Å². The molecule has 2 atom stereocenters. The summed E-state index contributed by atoms with van der Waals surface area (Å²) in [6, 6.07) is 0. The van der Waals surface area contributed by atoms with Gasteiger partial charge in [-0.05, 0) is 25.0 Å². The molecule has 0 heterocycles. The normalized spacial score (nSPS) is 29.1. The van der Waals surface area contributed by atoms with Gasteiger partial charge in [0.1, 0.15) is 0 Å². The second kappa shape index (κ2) is 4.75. The van der Waals surface area contributed by atoms with Gasteiger partial charge < -0.3 is 5.11 Å². The van der Waals surface area contributed by atoms with Crippen LogP contribution in [0.2, 0.25) is 0 Å². The van der Waals surface area contributed by atoms with E-state index in [2.05, 4.69) is 6.92 Å². The predicted octanol–water partition coefficient (Wildman–Crippen LogP) is 2.38.